The largest absolute Gasteiger partial charge is 0.497 e. The molecule has 0 aliphatic heterocycles. The van der Waals surface area contributed by atoms with Gasteiger partial charge in [-0.2, -0.15) is 0 Å². The zero-order valence-corrected chi connectivity index (χ0v) is 25.2. The molecule has 1 atom stereocenters. The fraction of sp³-hybridized carbons (Fsp3) is 0.375. The molecule has 42 heavy (non-hydrogen) atoms. The third kappa shape index (κ3) is 8.48. The highest BCUT2D eigenvalue weighted by molar-refractivity contribution is 7.92. The molecule has 0 bridgehead atoms. The molecule has 9 nitrogen and oxygen atoms in total. The van der Waals surface area contributed by atoms with E-state index in [4.69, 9.17) is 9.47 Å². The molecule has 1 fully saturated rings. The first-order valence-electron chi connectivity index (χ1n) is 14.1. The molecule has 0 saturated heterocycles. The normalized spacial score (nSPS) is 14.2. The van der Waals surface area contributed by atoms with Crippen molar-refractivity contribution in [1.82, 2.24) is 10.2 Å². The van der Waals surface area contributed by atoms with Gasteiger partial charge >= 0.3 is 0 Å². The molecule has 0 aromatic heterocycles. The van der Waals surface area contributed by atoms with Gasteiger partial charge in [0.05, 0.1) is 19.1 Å². The molecule has 0 heterocycles. The summed E-state index contributed by atoms with van der Waals surface area (Å²) in [6.45, 7) is 1.69. The first-order chi connectivity index (χ1) is 20.1. The number of anilines is 1. The monoisotopic (exact) mass is 593 g/mol. The maximum atomic E-state index is 13.8. The number of rotatable bonds is 13. The molecule has 10 heteroatoms. The van der Waals surface area contributed by atoms with E-state index < -0.39 is 28.5 Å². The van der Waals surface area contributed by atoms with E-state index in [1.54, 1.807) is 50.4 Å². The summed E-state index contributed by atoms with van der Waals surface area (Å²) >= 11 is 0. The topological polar surface area (TPSA) is 105 Å². The molecule has 1 aliphatic carbocycles. The molecule has 1 aliphatic rings. The van der Waals surface area contributed by atoms with Crippen LogP contribution in [-0.4, -0.2) is 57.1 Å². The van der Waals surface area contributed by atoms with Gasteiger partial charge in [0.2, 0.25) is 21.8 Å². The highest BCUT2D eigenvalue weighted by Gasteiger charge is 2.31. The van der Waals surface area contributed by atoms with Crippen LogP contribution in [0, 0.1) is 0 Å². The van der Waals surface area contributed by atoms with Gasteiger partial charge in [-0.05, 0) is 67.3 Å². The van der Waals surface area contributed by atoms with Crippen LogP contribution >= 0.6 is 0 Å². The first-order valence-corrected chi connectivity index (χ1v) is 16.0. The predicted octanol–water partition coefficient (Wildman–Crippen LogP) is 4.52. The maximum Gasteiger partial charge on any atom is 0.244 e. The summed E-state index contributed by atoms with van der Waals surface area (Å²) in [4.78, 5) is 28.5. The molecule has 1 N–H and O–H groups in total. The molecule has 0 spiro atoms. The van der Waals surface area contributed by atoms with Crippen molar-refractivity contribution in [3.8, 4) is 11.5 Å². The number of sulfonamides is 1. The Balaban J connectivity index is 1.53. The molecule has 0 radical (unpaired) electrons. The van der Waals surface area contributed by atoms with E-state index in [9.17, 15) is 18.0 Å². The summed E-state index contributed by atoms with van der Waals surface area (Å²) in [5.41, 5.74) is 2.09. The Labute approximate surface area is 248 Å². The van der Waals surface area contributed by atoms with Gasteiger partial charge in [0, 0.05) is 12.6 Å². The van der Waals surface area contributed by atoms with Gasteiger partial charge in [-0.3, -0.25) is 13.9 Å². The minimum Gasteiger partial charge on any atom is -0.497 e. The van der Waals surface area contributed by atoms with E-state index >= 15 is 0 Å². The third-order valence-electron chi connectivity index (χ3n) is 7.41. The average molecular weight is 594 g/mol. The lowest BCUT2D eigenvalue weighted by Gasteiger charge is -2.32. The molecule has 0 unspecified atom stereocenters. The van der Waals surface area contributed by atoms with Gasteiger partial charge in [-0.1, -0.05) is 55.3 Å². The van der Waals surface area contributed by atoms with Crippen molar-refractivity contribution in [3.05, 3.63) is 90.0 Å². The highest BCUT2D eigenvalue weighted by Crippen LogP contribution is 2.24. The molecular formula is C32H39N3O6S. The molecule has 224 valence electrons. The van der Waals surface area contributed by atoms with Gasteiger partial charge in [0.1, 0.15) is 30.7 Å². The Hall–Kier alpha value is -4.05. The molecule has 3 aromatic carbocycles. The minimum absolute atomic E-state index is 0.0869. The van der Waals surface area contributed by atoms with Crippen molar-refractivity contribution in [2.45, 2.75) is 57.8 Å². The quantitative estimate of drug-likeness (QED) is 0.313. The van der Waals surface area contributed by atoms with E-state index in [1.807, 2.05) is 42.5 Å². The van der Waals surface area contributed by atoms with Crippen LogP contribution in [0.15, 0.2) is 78.9 Å². The summed E-state index contributed by atoms with van der Waals surface area (Å²) < 4.78 is 38.0. The number of nitrogens with one attached hydrogen (secondary N) is 1. The zero-order valence-electron chi connectivity index (χ0n) is 24.4. The smallest absolute Gasteiger partial charge is 0.244 e. The van der Waals surface area contributed by atoms with Gasteiger partial charge in [-0.15, -0.1) is 0 Å². The number of nitrogens with zero attached hydrogens (tertiary/aromatic N) is 2. The van der Waals surface area contributed by atoms with Crippen molar-refractivity contribution < 1.29 is 27.5 Å². The summed E-state index contributed by atoms with van der Waals surface area (Å²) in [6.07, 6.45) is 5.00. The molecule has 1 saturated carbocycles. The number of carbonyl (C=O) groups excluding carboxylic acids is 2. The van der Waals surface area contributed by atoms with Crippen LogP contribution < -0.4 is 19.1 Å². The van der Waals surface area contributed by atoms with Gasteiger partial charge < -0.3 is 19.7 Å². The van der Waals surface area contributed by atoms with Crippen LogP contribution in [0.3, 0.4) is 0 Å². The lowest BCUT2D eigenvalue weighted by molar-refractivity contribution is -0.139. The fourth-order valence-corrected chi connectivity index (χ4v) is 5.85. The Morgan fingerprint density at radius 2 is 1.60 bits per heavy atom. The van der Waals surface area contributed by atoms with Crippen molar-refractivity contribution in [2.75, 3.05) is 24.2 Å². The number of hydrogen-bond donors (Lipinski definition) is 1. The lowest BCUT2D eigenvalue weighted by Crippen LogP contribution is -2.52. The van der Waals surface area contributed by atoms with Crippen molar-refractivity contribution in [2.24, 2.45) is 0 Å². The summed E-state index contributed by atoms with van der Waals surface area (Å²) in [7, 11) is -2.28. The minimum atomic E-state index is -3.84. The molecule has 2 amide bonds. The van der Waals surface area contributed by atoms with Crippen LogP contribution in [0.5, 0.6) is 11.5 Å². The molecule has 3 aromatic rings. The maximum absolute atomic E-state index is 13.8. The first kappa shape index (κ1) is 30.9. The summed E-state index contributed by atoms with van der Waals surface area (Å²) in [5, 5.41) is 3.06. The standard InChI is InChI=1S/C32H39N3O6S/c1-24(32(37)33-27-13-7-8-14-27)34(21-26-12-9-15-30(20-26)40-2)31(36)22-35(42(3,38)39)28-16-18-29(19-17-28)41-23-25-10-5-4-6-11-25/h4-6,9-12,15-20,24,27H,7-8,13-14,21-23H2,1-3H3,(H,33,37)/t24-/m0/s1. The number of ether oxygens (including phenoxy) is 2. The predicted molar refractivity (Wildman–Crippen MR) is 163 cm³/mol. The summed E-state index contributed by atoms with van der Waals surface area (Å²) in [6, 6.07) is 22.8. The van der Waals surface area contributed by atoms with Crippen LogP contribution in [0.25, 0.3) is 0 Å². The Morgan fingerprint density at radius 3 is 2.24 bits per heavy atom. The van der Waals surface area contributed by atoms with E-state index in [1.165, 1.54) is 4.90 Å². The van der Waals surface area contributed by atoms with Gasteiger partial charge in [-0.25, -0.2) is 8.42 Å². The summed E-state index contributed by atoms with van der Waals surface area (Å²) in [5.74, 6) is 0.431. The van der Waals surface area contributed by atoms with E-state index in [2.05, 4.69) is 5.32 Å². The number of benzene rings is 3. The Morgan fingerprint density at radius 1 is 0.929 bits per heavy atom. The Kier molecular flexibility index (Phi) is 10.5. The second kappa shape index (κ2) is 14.2. The van der Waals surface area contributed by atoms with Crippen molar-refractivity contribution >= 4 is 27.5 Å². The van der Waals surface area contributed by atoms with Crippen molar-refractivity contribution in [3.63, 3.8) is 0 Å². The number of methoxy groups -OCH3 is 1. The number of carbonyl (C=O) groups is 2. The fourth-order valence-electron chi connectivity index (χ4n) is 5.01. The third-order valence-corrected chi connectivity index (χ3v) is 8.55. The SMILES string of the molecule is COc1cccc(CN(C(=O)CN(c2ccc(OCc3ccccc3)cc2)S(C)(=O)=O)[C@@H](C)C(=O)NC2CCCC2)c1. The van der Waals surface area contributed by atoms with E-state index in [-0.39, 0.29) is 18.5 Å². The van der Waals surface area contributed by atoms with Crippen LogP contribution in [-0.2, 0) is 32.8 Å². The molecule has 4 rings (SSSR count). The number of amides is 2. The van der Waals surface area contributed by atoms with Crippen LogP contribution in [0.2, 0.25) is 0 Å². The van der Waals surface area contributed by atoms with Crippen molar-refractivity contribution in [1.29, 1.82) is 0 Å². The van der Waals surface area contributed by atoms with Gasteiger partial charge in [0.25, 0.3) is 0 Å². The second-order valence-corrected chi connectivity index (χ2v) is 12.5. The second-order valence-electron chi connectivity index (χ2n) is 10.6. The lowest BCUT2D eigenvalue weighted by atomic mass is 10.1. The van der Waals surface area contributed by atoms with E-state index in [0.29, 0.717) is 23.8 Å². The zero-order chi connectivity index (χ0) is 30.1. The van der Waals surface area contributed by atoms with Crippen LogP contribution in [0.4, 0.5) is 5.69 Å². The van der Waals surface area contributed by atoms with Crippen LogP contribution in [0.1, 0.15) is 43.7 Å². The molecular weight excluding hydrogens is 554 g/mol. The Bertz CT molecular complexity index is 1440. The van der Waals surface area contributed by atoms with Gasteiger partial charge in [0.15, 0.2) is 0 Å². The highest BCUT2D eigenvalue weighted by atomic mass is 32.2. The number of hydrogen-bond acceptors (Lipinski definition) is 6. The average Bonchev–Trinajstić information content (AvgIpc) is 3.50. The van der Waals surface area contributed by atoms with E-state index in [0.717, 1.165) is 47.4 Å².